The van der Waals surface area contributed by atoms with Gasteiger partial charge in [-0.1, -0.05) is 19.4 Å². The quantitative estimate of drug-likeness (QED) is 0.597. The monoisotopic (exact) mass is 317 g/mol. The fourth-order valence-corrected chi connectivity index (χ4v) is 3.23. The average molecular weight is 317 g/mol. The fraction of sp³-hybridized carbons (Fsp3) is 0.667. The highest BCUT2D eigenvalue weighted by atomic mass is 15.2. The Hall–Kier alpha value is -1.62. The lowest BCUT2D eigenvalue weighted by Crippen LogP contribution is -2.46. The van der Waals surface area contributed by atoms with E-state index in [9.17, 15) is 0 Å². The van der Waals surface area contributed by atoms with E-state index in [1.54, 1.807) is 0 Å². The van der Waals surface area contributed by atoms with Crippen molar-refractivity contribution in [1.82, 2.24) is 20.5 Å². The zero-order valence-electron chi connectivity index (χ0n) is 14.6. The summed E-state index contributed by atoms with van der Waals surface area (Å²) in [7, 11) is 1.83. The third kappa shape index (κ3) is 6.18. The van der Waals surface area contributed by atoms with Crippen molar-refractivity contribution in [3.8, 4) is 0 Å². The van der Waals surface area contributed by atoms with Crippen LogP contribution in [0.1, 0.15) is 38.2 Å². The average Bonchev–Trinajstić information content (AvgIpc) is 2.61. The van der Waals surface area contributed by atoms with Crippen LogP contribution in [0.2, 0.25) is 0 Å². The lowest BCUT2D eigenvalue weighted by molar-refractivity contribution is 0.147. The second-order valence-electron chi connectivity index (χ2n) is 6.13. The molecule has 1 aliphatic heterocycles. The predicted molar refractivity (Wildman–Crippen MR) is 96.8 cm³/mol. The number of aliphatic imine (C=N–C) groups is 1. The summed E-state index contributed by atoms with van der Waals surface area (Å²) < 4.78 is 0. The number of nitrogens with one attached hydrogen (secondary N) is 2. The number of pyridine rings is 1. The molecule has 1 aliphatic rings. The summed E-state index contributed by atoms with van der Waals surface area (Å²) in [4.78, 5) is 11.1. The van der Waals surface area contributed by atoms with E-state index in [-0.39, 0.29) is 0 Å². The number of guanidine groups is 1. The molecular formula is C18H31N5. The Kier molecular flexibility index (Phi) is 7.87. The van der Waals surface area contributed by atoms with Crippen molar-refractivity contribution in [3.63, 3.8) is 0 Å². The number of nitrogens with zero attached hydrogens (tertiary/aromatic N) is 3. The normalized spacial score (nSPS) is 19.6. The molecule has 1 fully saturated rings. The van der Waals surface area contributed by atoms with Crippen molar-refractivity contribution < 1.29 is 0 Å². The molecule has 0 aromatic carbocycles. The van der Waals surface area contributed by atoms with Gasteiger partial charge in [0.05, 0.1) is 0 Å². The summed E-state index contributed by atoms with van der Waals surface area (Å²) in [5, 5.41) is 6.80. The van der Waals surface area contributed by atoms with Gasteiger partial charge < -0.3 is 10.6 Å². The van der Waals surface area contributed by atoms with Crippen molar-refractivity contribution in [2.24, 2.45) is 4.99 Å². The van der Waals surface area contributed by atoms with Gasteiger partial charge in [0.2, 0.25) is 0 Å². The van der Waals surface area contributed by atoms with Gasteiger partial charge in [0.15, 0.2) is 5.96 Å². The Morgan fingerprint density at radius 2 is 2.22 bits per heavy atom. The van der Waals surface area contributed by atoms with Gasteiger partial charge in [-0.05, 0) is 43.9 Å². The maximum Gasteiger partial charge on any atom is 0.191 e. The lowest BCUT2D eigenvalue weighted by Gasteiger charge is -2.35. The SMILES string of the molecule is CCC1CCCCN1CCNC(=NC)NCCc1cccnc1. The Bertz CT molecular complexity index is 460. The highest BCUT2D eigenvalue weighted by molar-refractivity contribution is 5.79. The van der Waals surface area contributed by atoms with E-state index in [2.05, 4.69) is 38.5 Å². The summed E-state index contributed by atoms with van der Waals surface area (Å²) in [5.74, 6) is 0.888. The van der Waals surface area contributed by atoms with Gasteiger partial charge >= 0.3 is 0 Å². The van der Waals surface area contributed by atoms with E-state index in [0.29, 0.717) is 0 Å². The number of hydrogen-bond acceptors (Lipinski definition) is 3. The largest absolute Gasteiger partial charge is 0.356 e. The molecule has 23 heavy (non-hydrogen) atoms. The van der Waals surface area contributed by atoms with Gasteiger partial charge in [0.25, 0.3) is 0 Å². The van der Waals surface area contributed by atoms with Gasteiger partial charge in [0, 0.05) is 45.1 Å². The molecule has 5 heteroatoms. The topological polar surface area (TPSA) is 52.5 Å². The molecule has 0 radical (unpaired) electrons. The maximum absolute atomic E-state index is 4.30. The van der Waals surface area contributed by atoms with Crippen molar-refractivity contribution in [2.45, 2.75) is 45.1 Å². The maximum atomic E-state index is 4.30. The highest BCUT2D eigenvalue weighted by Gasteiger charge is 2.19. The molecule has 0 spiro atoms. The van der Waals surface area contributed by atoms with Gasteiger partial charge in [-0.3, -0.25) is 14.9 Å². The first-order valence-electron chi connectivity index (χ1n) is 8.91. The molecule has 2 rings (SSSR count). The van der Waals surface area contributed by atoms with Crippen LogP contribution in [-0.4, -0.2) is 55.1 Å². The molecule has 128 valence electrons. The molecule has 2 N–H and O–H groups in total. The Balaban J connectivity index is 1.64. The van der Waals surface area contributed by atoms with Crippen LogP contribution in [0.25, 0.3) is 0 Å². The number of piperidine rings is 1. The molecule has 1 saturated heterocycles. The highest BCUT2D eigenvalue weighted by Crippen LogP contribution is 2.18. The summed E-state index contributed by atoms with van der Waals surface area (Å²) in [5.41, 5.74) is 1.24. The van der Waals surface area contributed by atoms with Crippen LogP contribution in [0.15, 0.2) is 29.5 Å². The van der Waals surface area contributed by atoms with E-state index in [0.717, 1.165) is 38.1 Å². The fourth-order valence-electron chi connectivity index (χ4n) is 3.23. The molecule has 0 amide bonds. The zero-order chi connectivity index (χ0) is 16.3. The smallest absolute Gasteiger partial charge is 0.191 e. The van der Waals surface area contributed by atoms with E-state index in [1.807, 2.05) is 25.5 Å². The summed E-state index contributed by atoms with van der Waals surface area (Å²) in [6.45, 7) is 6.46. The molecule has 5 nitrogen and oxygen atoms in total. The third-order valence-corrected chi connectivity index (χ3v) is 4.56. The predicted octanol–water partition coefficient (Wildman–Crippen LogP) is 2.05. The Morgan fingerprint density at radius 1 is 1.35 bits per heavy atom. The summed E-state index contributed by atoms with van der Waals surface area (Å²) >= 11 is 0. The zero-order valence-corrected chi connectivity index (χ0v) is 14.6. The molecular weight excluding hydrogens is 286 g/mol. The summed E-state index contributed by atoms with van der Waals surface area (Å²) in [6, 6.07) is 4.85. The van der Waals surface area contributed by atoms with Gasteiger partial charge in [0.1, 0.15) is 0 Å². The number of aromatic nitrogens is 1. The van der Waals surface area contributed by atoms with Gasteiger partial charge in [-0.15, -0.1) is 0 Å². The minimum Gasteiger partial charge on any atom is -0.356 e. The van der Waals surface area contributed by atoms with Crippen molar-refractivity contribution in [3.05, 3.63) is 30.1 Å². The van der Waals surface area contributed by atoms with Crippen LogP contribution in [0.5, 0.6) is 0 Å². The second-order valence-corrected chi connectivity index (χ2v) is 6.13. The van der Waals surface area contributed by atoms with Crippen LogP contribution < -0.4 is 10.6 Å². The third-order valence-electron chi connectivity index (χ3n) is 4.56. The molecule has 1 atom stereocenters. The van der Waals surface area contributed by atoms with Gasteiger partial charge in [-0.2, -0.15) is 0 Å². The molecule has 0 aliphatic carbocycles. The van der Waals surface area contributed by atoms with Crippen LogP contribution in [0.3, 0.4) is 0 Å². The van der Waals surface area contributed by atoms with E-state index in [4.69, 9.17) is 0 Å². The summed E-state index contributed by atoms with van der Waals surface area (Å²) in [6.07, 6.45) is 10.0. The van der Waals surface area contributed by atoms with Crippen LogP contribution in [-0.2, 0) is 6.42 Å². The minimum atomic E-state index is 0.770. The molecule has 2 heterocycles. The molecule has 1 aromatic heterocycles. The lowest BCUT2D eigenvalue weighted by atomic mass is 10.0. The minimum absolute atomic E-state index is 0.770. The number of rotatable bonds is 7. The van der Waals surface area contributed by atoms with Gasteiger partial charge in [-0.25, -0.2) is 0 Å². The van der Waals surface area contributed by atoms with Crippen molar-refractivity contribution >= 4 is 5.96 Å². The van der Waals surface area contributed by atoms with Crippen LogP contribution in [0, 0.1) is 0 Å². The molecule has 1 aromatic rings. The van der Waals surface area contributed by atoms with Crippen molar-refractivity contribution in [1.29, 1.82) is 0 Å². The van der Waals surface area contributed by atoms with Crippen LogP contribution >= 0.6 is 0 Å². The standard InChI is InChI=1S/C18H31N5/c1-3-17-8-4-5-13-23(17)14-12-22-18(19-2)21-11-9-16-7-6-10-20-15-16/h6-7,10,15,17H,3-5,8-9,11-14H2,1-2H3,(H2,19,21,22). The second kappa shape index (κ2) is 10.2. The van der Waals surface area contributed by atoms with E-state index >= 15 is 0 Å². The first-order valence-corrected chi connectivity index (χ1v) is 8.91. The van der Waals surface area contributed by atoms with Crippen LogP contribution in [0.4, 0.5) is 0 Å². The van der Waals surface area contributed by atoms with E-state index in [1.165, 1.54) is 37.8 Å². The number of likely N-dealkylation sites (tertiary alicyclic amines) is 1. The number of hydrogen-bond donors (Lipinski definition) is 2. The van der Waals surface area contributed by atoms with E-state index < -0.39 is 0 Å². The molecule has 0 saturated carbocycles. The Morgan fingerprint density at radius 3 is 2.96 bits per heavy atom. The molecule has 0 bridgehead atoms. The van der Waals surface area contributed by atoms with Crippen molar-refractivity contribution in [2.75, 3.05) is 33.2 Å². The molecule has 1 unspecified atom stereocenters. The Labute approximate surface area is 140 Å². The first-order chi connectivity index (χ1) is 11.3. The first kappa shape index (κ1) is 17.7.